The van der Waals surface area contributed by atoms with Crippen LogP contribution in [0, 0.1) is 6.92 Å². The van der Waals surface area contributed by atoms with Gasteiger partial charge in [-0.2, -0.15) is 0 Å². The predicted octanol–water partition coefficient (Wildman–Crippen LogP) is 0.335. The molecule has 2 N–H and O–H groups in total. The molecule has 0 aromatic carbocycles. The standard InChI is InChI=1S/C10H13N3O2/c1-7-8(11)2-3-9(12-7)13-4-5-15-6-10(13)14/h2-3H,4-6,11H2,1H3. The van der Waals surface area contributed by atoms with E-state index in [0.29, 0.717) is 24.7 Å². The topological polar surface area (TPSA) is 68.5 Å². The second-order valence-corrected chi connectivity index (χ2v) is 3.44. The average Bonchev–Trinajstić information content (AvgIpc) is 2.23. The van der Waals surface area contributed by atoms with Crippen LogP contribution in [0.1, 0.15) is 5.69 Å². The van der Waals surface area contributed by atoms with Crippen LogP contribution in [0.15, 0.2) is 12.1 Å². The van der Waals surface area contributed by atoms with Gasteiger partial charge in [-0.3, -0.25) is 9.69 Å². The van der Waals surface area contributed by atoms with Crippen LogP contribution in [0.25, 0.3) is 0 Å². The van der Waals surface area contributed by atoms with Gasteiger partial charge in [-0.05, 0) is 19.1 Å². The summed E-state index contributed by atoms with van der Waals surface area (Å²) in [4.78, 5) is 17.4. The fourth-order valence-corrected chi connectivity index (χ4v) is 1.47. The molecule has 1 saturated heterocycles. The van der Waals surface area contributed by atoms with Crippen molar-refractivity contribution in [2.75, 3.05) is 30.4 Å². The van der Waals surface area contributed by atoms with E-state index in [-0.39, 0.29) is 12.5 Å². The summed E-state index contributed by atoms with van der Waals surface area (Å²) in [6.45, 7) is 3.06. The molecule has 1 aliphatic heterocycles. The Kier molecular flexibility index (Phi) is 2.55. The normalized spacial score (nSPS) is 16.9. The quantitative estimate of drug-likeness (QED) is 0.720. The number of aromatic nitrogens is 1. The van der Waals surface area contributed by atoms with Gasteiger partial charge >= 0.3 is 0 Å². The smallest absolute Gasteiger partial charge is 0.254 e. The van der Waals surface area contributed by atoms with Gasteiger partial charge in [0, 0.05) is 0 Å². The van der Waals surface area contributed by atoms with E-state index in [4.69, 9.17) is 10.5 Å². The number of carbonyl (C=O) groups excluding carboxylic acids is 1. The third-order valence-corrected chi connectivity index (χ3v) is 2.37. The molecule has 0 atom stereocenters. The summed E-state index contributed by atoms with van der Waals surface area (Å²) in [7, 11) is 0. The lowest BCUT2D eigenvalue weighted by Crippen LogP contribution is -2.42. The van der Waals surface area contributed by atoms with E-state index in [0.717, 1.165) is 5.69 Å². The Hall–Kier alpha value is -1.62. The average molecular weight is 207 g/mol. The van der Waals surface area contributed by atoms with Crippen molar-refractivity contribution < 1.29 is 9.53 Å². The molecule has 0 spiro atoms. The highest BCUT2D eigenvalue weighted by atomic mass is 16.5. The van der Waals surface area contributed by atoms with E-state index in [1.165, 1.54) is 0 Å². The van der Waals surface area contributed by atoms with E-state index < -0.39 is 0 Å². The number of ether oxygens (including phenoxy) is 1. The minimum atomic E-state index is -0.0575. The molecule has 80 valence electrons. The molecule has 0 bridgehead atoms. The van der Waals surface area contributed by atoms with Crippen LogP contribution in [0.4, 0.5) is 11.5 Å². The van der Waals surface area contributed by atoms with Crippen LogP contribution in [0.2, 0.25) is 0 Å². The molecule has 15 heavy (non-hydrogen) atoms. The number of amides is 1. The van der Waals surface area contributed by atoms with Gasteiger partial charge in [-0.15, -0.1) is 0 Å². The number of anilines is 2. The van der Waals surface area contributed by atoms with Crippen molar-refractivity contribution in [2.45, 2.75) is 6.92 Å². The van der Waals surface area contributed by atoms with Crippen molar-refractivity contribution in [1.29, 1.82) is 0 Å². The molecule has 2 heterocycles. The maximum absolute atomic E-state index is 11.5. The maximum atomic E-state index is 11.5. The number of nitrogen functional groups attached to an aromatic ring is 1. The highest BCUT2D eigenvalue weighted by Gasteiger charge is 2.21. The second kappa shape index (κ2) is 3.86. The number of nitrogens with two attached hydrogens (primary N) is 1. The predicted molar refractivity (Wildman–Crippen MR) is 56.6 cm³/mol. The third-order valence-electron chi connectivity index (χ3n) is 2.37. The zero-order valence-corrected chi connectivity index (χ0v) is 8.56. The molecule has 2 rings (SSSR count). The molecule has 1 amide bonds. The fourth-order valence-electron chi connectivity index (χ4n) is 1.47. The summed E-state index contributed by atoms with van der Waals surface area (Å²) in [5, 5.41) is 0. The van der Waals surface area contributed by atoms with Crippen LogP contribution in [-0.2, 0) is 9.53 Å². The first-order valence-corrected chi connectivity index (χ1v) is 4.80. The minimum Gasteiger partial charge on any atom is -0.397 e. The molecule has 1 aliphatic rings. The van der Waals surface area contributed by atoms with Crippen molar-refractivity contribution in [3.05, 3.63) is 17.8 Å². The summed E-state index contributed by atoms with van der Waals surface area (Å²) >= 11 is 0. The van der Waals surface area contributed by atoms with E-state index in [2.05, 4.69) is 4.98 Å². The Morgan fingerprint density at radius 1 is 1.53 bits per heavy atom. The van der Waals surface area contributed by atoms with Gasteiger partial charge in [0.25, 0.3) is 5.91 Å². The summed E-state index contributed by atoms with van der Waals surface area (Å²) in [6.07, 6.45) is 0. The number of morpholine rings is 1. The van der Waals surface area contributed by atoms with Crippen LogP contribution < -0.4 is 10.6 Å². The molecule has 0 saturated carbocycles. The molecule has 5 nitrogen and oxygen atoms in total. The summed E-state index contributed by atoms with van der Waals surface area (Å²) in [5.74, 6) is 0.591. The van der Waals surface area contributed by atoms with Gasteiger partial charge in [0.15, 0.2) is 0 Å². The van der Waals surface area contributed by atoms with Gasteiger partial charge in [-0.1, -0.05) is 0 Å². The van der Waals surface area contributed by atoms with Crippen molar-refractivity contribution >= 4 is 17.4 Å². The molecule has 0 aliphatic carbocycles. The Labute approximate surface area is 87.8 Å². The number of hydrogen-bond donors (Lipinski definition) is 1. The summed E-state index contributed by atoms with van der Waals surface area (Å²) in [5.41, 5.74) is 7.04. The van der Waals surface area contributed by atoms with E-state index in [1.807, 2.05) is 6.92 Å². The zero-order valence-electron chi connectivity index (χ0n) is 8.56. The number of aryl methyl sites for hydroxylation is 1. The molecule has 1 aromatic rings. The zero-order chi connectivity index (χ0) is 10.8. The van der Waals surface area contributed by atoms with Gasteiger partial charge in [0.05, 0.1) is 24.5 Å². The van der Waals surface area contributed by atoms with Crippen LogP contribution in [0.3, 0.4) is 0 Å². The molecule has 1 aromatic heterocycles. The highest BCUT2D eigenvalue weighted by molar-refractivity contribution is 5.94. The maximum Gasteiger partial charge on any atom is 0.254 e. The molecule has 5 heteroatoms. The van der Waals surface area contributed by atoms with Crippen molar-refractivity contribution in [1.82, 2.24) is 4.98 Å². The van der Waals surface area contributed by atoms with Crippen molar-refractivity contribution in [2.24, 2.45) is 0 Å². The number of rotatable bonds is 1. The Bertz CT molecular complexity index is 392. The fraction of sp³-hybridized carbons (Fsp3) is 0.400. The number of pyridine rings is 1. The second-order valence-electron chi connectivity index (χ2n) is 3.44. The number of carbonyl (C=O) groups is 1. The van der Waals surface area contributed by atoms with Crippen molar-refractivity contribution in [3.8, 4) is 0 Å². The molecule has 0 unspecified atom stereocenters. The number of hydrogen-bond acceptors (Lipinski definition) is 4. The Morgan fingerprint density at radius 2 is 2.33 bits per heavy atom. The SMILES string of the molecule is Cc1nc(N2CCOCC2=O)ccc1N. The van der Waals surface area contributed by atoms with Crippen LogP contribution in [-0.4, -0.2) is 30.6 Å². The molecule has 1 fully saturated rings. The van der Waals surface area contributed by atoms with Gasteiger partial charge in [-0.25, -0.2) is 4.98 Å². The van der Waals surface area contributed by atoms with Gasteiger partial charge in [0.2, 0.25) is 0 Å². The minimum absolute atomic E-state index is 0.0575. The largest absolute Gasteiger partial charge is 0.397 e. The first-order valence-electron chi connectivity index (χ1n) is 4.80. The lowest BCUT2D eigenvalue weighted by molar-refractivity contribution is -0.125. The first-order chi connectivity index (χ1) is 7.18. The number of nitrogens with zero attached hydrogens (tertiary/aromatic N) is 2. The first kappa shape index (κ1) is 9.92. The monoisotopic (exact) mass is 207 g/mol. The van der Waals surface area contributed by atoms with E-state index >= 15 is 0 Å². The Morgan fingerprint density at radius 3 is 3.00 bits per heavy atom. The summed E-state index contributed by atoms with van der Waals surface area (Å²) in [6, 6.07) is 3.52. The summed E-state index contributed by atoms with van der Waals surface area (Å²) < 4.78 is 5.04. The van der Waals surface area contributed by atoms with Gasteiger partial charge in [0.1, 0.15) is 12.4 Å². The van der Waals surface area contributed by atoms with E-state index in [9.17, 15) is 4.79 Å². The van der Waals surface area contributed by atoms with Crippen LogP contribution in [0.5, 0.6) is 0 Å². The molecular weight excluding hydrogens is 194 g/mol. The van der Waals surface area contributed by atoms with E-state index in [1.54, 1.807) is 17.0 Å². The van der Waals surface area contributed by atoms with Crippen molar-refractivity contribution in [3.63, 3.8) is 0 Å². The third kappa shape index (κ3) is 1.92. The molecule has 0 radical (unpaired) electrons. The van der Waals surface area contributed by atoms with Gasteiger partial charge < -0.3 is 10.5 Å². The Balaban J connectivity index is 2.28. The lowest BCUT2D eigenvalue weighted by Gasteiger charge is -2.26. The lowest BCUT2D eigenvalue weighted by atomic mass is 10.3. The molecular formula is C10H13N3O2. The highest BCUT2D eigenvalue weighted by Crippen LogP contribution is 2.17. The van der Waals surface area contributed by atoms with Crippen LogP contribution >= 0.6 is 0 Å².